The Morgan fingerprint density at radius 1 is 0.886 bits per heavy atom. The molecule has 0 radical (unpaired) electrons. The number of nitrogens with one attached hydrogen (secondary N) is 1. The summed E-state index contributed by atoms with van der Waals surface area (Å²) in [4.78, 5) is 31.4. The summed E-state index contributed by atoms with van der Waals surface area (Å²) in [6, 6.07) is 12.5. The molecular formula is C29H28ClF4N2NaO7. The number of halogens is 5. The van der Waals surface area contributed by atoms with Gasteiger partial charge in [0.2, 0.25) is 6.20 Å². The van der Waals surface area contributed by atoms with E-state index in [9.17, 15) is 37.3 Å². The Bertz CT molecular complexity index is 1540. The molecule has 2 N–H and O–H groups in total. The van der Waals surface area contributed by atoms with Crippen LogP contribution in [0.2, 0.25) is 0 Å². The number of hydrogen-bond acceptors (Lipinski definition) is 7. The first-order chi connectivity index (χ1) is 19.3. The normalized spacial score (nSPS) is 9.61. The van der Waals surface area contributed by atoms with Gasteiger partial charge in [-0.2, -0.15) is 0 Å². The number of amides is 1. The van der Waals surface area contributed by atoms with Crippen molar-refractivity contribution in [2.45, 2.75) is 27.7 Å². The summed E-state index contributed by atoms with van der Waals surface area (Å²) in [5.74, 6) is -1.03. The van der Waals surface area contributed by atoms with Crippen LogP contribution in [0.5, 0.6) is 0 Å². The zero-order chi connectivity index (χ0) is 30.5. The van der Waals surface area contributed by atoms with Gasteiger partial charge in [0, 0.05) is 25.1 Å². The van der Waals surface area contributed by atoms with Crippen LogP contribution in [-0.4, -0.2) is 28.1 Å². The van der Waals surface area contributed by atoms with Gasteiger partial charge >= 0.3 is 29.6 Å². The van der Waals surface area contributed by atoms with E-state index in [0.29, 0.717) is 30.9 Å². The van der Waals surface area contributed by atoms with Gasteiger partial charge in [0.05, 0.1) is 22.1 Å². The second kappa shape index (κ2) is 21.0. The smallest absolute Gasteiger partial charge is 0.870 e. The first kappa shape index (κ1) is 42.4. The molecule has 0 aliphatic carbocycles. The first-order valence-corrected chi connectivity index (χ1v) is 12.0. The maximum absolute atomic E-state index is 13.3. The predicted octanol–water partition coefficient (Wildman–Crippen LogP) is 4.48. The van der Waals surface area contributed by atoms with Crippen molar-refractivity contribution < 1.29 is 75.9 Å². The quantitative estimate of drug-likeness (QED) is 0.102. The van der Waals surface area contributed by atoms with Crippen molar-refractivity contribution in [1.29, 1.82) is 0 Å². The van der Waals surface area contributed by atoms with Crippen molar-refractivity contribution in [3.05, 3.63) is 134 Å². The molecule has 0 saturated carbocycles. The summed E-state index contributed by atoms with van der Waals surface area (Å²) >= 11 is 4.96. The maximum atomic E-state index is 13.3. The van der Waals surface area contributed by atoms with Crippen molar-refractivity contribution in [3.8, 4) is 0 Å². The number of furan rings is 2. The number of aryl methyl sites for hydroxylation is 2. The van der Waals surface area contributed by atoms with Crippen molar-refractivity contribution >= 4 is 28.8 Å². The van der Waals surface area contributed by atoms with Gasteiger partial charge in [-0.25, -0.2) is 17.6 Å². The van der Waals surface area contributed by atoms with E-state index in [4.69, 9.17) is 20.4 Å². The van der Waals surface area contributed by atoms with Crippen LogP contribution >= 0.6 is 11.6 Å². The topological polar surface area (TPSA) is 146 Å². The summed E-state index contributed by atoms with van der Waals surface area (Å²) in [6.45, 7) is 3.93. The third kappa shape index (κ3) is 15.1. The van der Waals surface area contributed by atoms with Crippen LogP contribution < -0.4 is 34.9 Å². The Morgan fingerprint density at radius 2 is 1.41 bits per heavy atom. The Labute approximate surface area is 277 Å². The number of carbonyl (C=O) groups excluding carboxylic acids is 2. The Hall–Kier alpha value is -3.75. The number of rotatable bonds is 7. The molecule has 0 saturated heterocycles. The SMILES string of the molecule is C.Cc1ccc(/C=C/[N+](=O)[O-])o1.Cc1ccc(CCNC(=O)c2ccc(F)cc2F)o1.O=C(Cl)c1ccc(F)cc1F.[Na+].[OH-]. The standard InChI is InChI=1S/C14H13F2NO2.C7H3ClF2O.C7H7NO3.CH4.Na.H2O/c1-9-2-4-11(19-9)6-7-17-14(18)12-5-3-10(15)8-13(12)16;8-7(11)5-2-1-4(9)3-6(5)10;1-6-2-3-7(11-6)4-5-8(9)10;;;/h2-5,8H,6-7H2,1H3,(H,17,18);1-3H;2-5H,1H3;1H4;;1H2/q;;;;+1;/p-1/b;;5-4+;;;. The molecule has 4 rings (SSSR count). The minimum atomic E-state index is -0.940. The molecule has 0 bridgehead atoms. The number of carbonyl (C=O) groups is 2. The van der Waals surface area contributed by atoms with Gasteiger partial charge in [0.25, 0.3) is 11.1 Å². The molecule has 0 atom stereocenters. The molecule has 44 heavy (non-hydrogen) atoms. The van der Waals surface area contributed by atoms with E-state index in [0.717, 1.165) is 47.7 Å². The fourth-order valence-electron chi connectivity index (χ4n) is 3.01. The summed E-state index contributed by atoms with van der Waals surface area (Å²) < 4.78 is 61.2. The monoisotopic (exact) mass is 650 g/mol. The molecule has 0 spiro atoms. The molecule has 9 nitrogen and oxygen atoms in total. The third-order valence-electron chi connectivity index (χ3n) is 4.89. The van der Waals surface area contributed by atoms with Crippen molar-refractivity contribution in [3.63, 3.8) is 0 Å². The van der Waals surface area contributed by atoms with Crippen LogP contribution in [0.25, 0.3) is 6.08 Å². The van der Waals surface area contributed by atoms with Gasteiger partial charge in [0.1, 0.15) is 46.3 Å². The summed E-state index contributed by atoms with van der Waals surface area (Å²) in [5, 5.41) is 11.5. The average molecular weight is 651 g/mol. The van der Waals surface area contributed by atoms with E-state index in [1.54, 1.807) is 19.1 Å². The zero-order valence-electron chi connectivity index (χ0n) is 23.1. The minimum absolute atomic E-state index is 0. The Balaban J connectivity index is 0. The fourth-order valence-corrected chi connectivity index (χ4v) is 3.17. The van der Waals surface area contributed by atoms with Gasteiger partial charge in [0.15, 0.2) is 0 Å². The second-order valence-electron chi connectivity index (χ2n) is 8.09. The summed E-state index contributed by atoms with van der Waals surface area (Å²) in [6.07, 6.45) is 2.67. The van der Waals surface area contributed by atoms with E-state index >= 15 is 0 Å². The third-order valence-corrected chi connectivity index (χ3v) is 5.10. The van der Waals surface area contributed by atoms with Gasteiger partial charge in [-0.3, -0.25) is 19.7 Å². The largest absolute Gasteiger partial charge is 1.00 e. The summed E-state index contributed by atoms with van der Waals surface area (Å²) in [5.41, 5.74) is -0.481. The van der Waals surface area contributed by atoms with Crippen LogP contribution in [-0.2, 0) is 6.42 Å². The predicted molar refractivity (Wildman–Crippen MR) is 151 cm³/mol. The second-order valence-corrected chi connectivity index (χ2v) is 8.43. The van der Waals surface area contributed by atoms with Crippen molar-refractivity contribution in [1.82, 2.24) is 5.32 Å². The molecule has 2 aromatic heterocycles. The van der Waals surface area contributed by atoms with Gasteiger partial charge in [-0.05, 0) is 74.0 Å². The summed E-state index contributed by atoms with van der Waals surface area (Å²) in [7, 11) is 0. The molecule has 1 amide bonds. The Kier molecular flexibility index (Phi) is 20.3. The van der Waals surface area contributed by atoms with E-state index in [2.05, 4.69) is 5.32 Å². The van der Waals surface area contributed by atoms with Gasteiger partial charge in [-0.15, -0.1) is 0 Å². The number of hydrogen-bond donors (Lipinski definition) is 1. The average Bonchev–Trinajstić information content (AvgIpc) is 3.50. The molecule has 0 fully saturated rings. The van der Waals surface area contributed by atoms with E-state index < -0.39 is 39.3 Å². The molecule has 0 aliphatic heterocycles. The van der Waals surface area contributed by atoms with Crippen molar-refractivity contribution in [2.24, 2.45) is 0 Å². The van der Waals surface area contributed by atoms with Crippen molar-refractivity contribution in [2.75, 3.05) is 6.54 Å². The number of benzene rings is 2. The number of nitro groups is 1. The van der Waals surface area contributed by atoms with E-state index in [-0.39, 0.29) is 53.6 Å². The molecular weight excluding hydrogens is 623 g/mol. The molecule has 0 aliphatic rings. The molecule has 15 heteroatoms. The zero-order valence-corrected chi connectivity index (χ0v) is 25.8. The van der Waals surface area contributed by atoms with Crippen LogP contribution in [0.1, 0.15) is 51.2 Å². The fraction of sp³-hybridized carbons (Fsp3) is 0.172. The van der Waals surface area contributed by atoms with E-state index in [1.165, 1.54) is 6.08 Å². The van der Waals surface area contributed by atoms with Gasteiger partial charge < -0.3 is 19.6 Å². The van der Waals surface area contributed by atoms with Crippen LogP contribution in [0.15, 0.2) is 75.7 Å². The minimum Gasteiger partial charge on any atom is -0.870 e. The Morgan fingerprint density at radius 3 is 1.84 bits per heavy atom. The molecule has 2 aromatic carbocycles. The molecule has 4 aromatic rings. The number of nitrogens with zero attached hydrogens (tertiary/aromatic N) is 1. The first-order valence-electron chi connectivity index (χ1n) is 11.7. The van der Waals surface area contributed by atoms with Gasteiger partial charge in [-0.1, -0.05) is 7.43 Å². The molecule has 0 unspecified atom stereocenters. The maximum Gasteiger partial charge on any atom is 1.00 e. The van der Waals surface area contributed by atoms with Crippen LogP contribution in [0, 0.1) is 47.2 Å². The van der Waals surface area contributed by atoms with E-state index in [1.807, 2.05) is 19.1 Å². The van der Waals surface area contributed by atoms with Crippen LogP contribution in [0.3, 0.4) is 0 Å². The molecule has 2 heterocycles. The van der Waals surface area contributed by atoms with Crippen LogP contribution in [0.4, 0.5) is 17.6 Å². The molecule has 232 valence electrons.